The fraction of sp³-hybridized carbons (Fsp3) is 0.421. The molecule has 0 amide bonds. The maximum absolute atomic E-state index is 10.9. The van der Waals surface area contributed by atoms with Crippen LogP contribution in [0.4, 0.5) is 11.4 Å². The molecule has 1 N–H and O–H groups in total. The van der Waals surface area contributed by atoms with Crippen molar-refractivity contribution in [3.05, 3.63) is 47.9 Å². The average molecular weight is 327 g/mol. The molecular formula is C19H25N3O2. The quantitative estimate of drug-likeness (QED) is 0.824. The molecule has 0 radical (unpaired) electrons. The molecule has 2 aromatic rings. The van der Waals surface area contributed by atoms with Crippen molar-refractivity contribution in [3.8, 4) is 0 Å². The smallest absolute Gasteiger partial charge is 0.189 e. The van der Waals surface area contributed by atoms with Gasteiger partial charge in [0.25, 0.3) is 0 Å². The molecule has 5 heteroatoms. The van der Waals surface area contributed by atoms with Crippen molar-refractivity contribution < 1.29 is 9.21 Å². The first-order valence-corrected chi connectivity index (χ1v) is 8.47. The first-order valence-electron chi connectivity index (χ1n) is 8.47. The van der Waals surface area contributed by atoms with Gasteiger partial charge in [0, 0.05) is 37.4 Å². The van der Waals surface area contributed by atoms with Crippen molar-refractivity contribution >= 4 is 17.7 Å². The summed E-state index contributed by atoms with van der Waals surface area (Å²) in [5, 5.41) is 3.30. The van der Waals surface area contributed by atoms with Crippen molar-refractivity contribution in [2.45, 2.75) is 18.9 Å². The van der Waals surface area contributed by atoms with Crippen LogP contribution in [0.3, 0.4) is 0 Å². The Hall–Kier alpha value is -2.27. The summed E-state index contributed by atoms with van der Waals surface area (Å²) in [6, 6.07) is 11.0. The molecule has 1 unspecified atom stereocenters. The highest BCUT2D eigenvalue weighted by atomic mass is 16.3. The largest absolute Gasteiger partial charge is 0.459 e. The Morgan fingerprint density at radius 1 is 1.33 bits per heavy atom. The van der Waals surface area contributed by atoms with Crippen LogP contribution in [0.1, 0.15) is 35.0 Å². The molecule has 0 aliphatic carbocycles. The molecule has 0 saturated carbocycles. The van der Waals surface area contributed by atoms with Crippen LogP contribution < -0.4 is 10.2 Å². The zero-order valence-electron chi connectivity index (χ0n) is 14.4. The number of carbonyl (C=O) groups is 1. The zero-order chi connectivity index (χ0) is 16.9. The minimum Gasteiger partial charge on any atom is -0.459 e. The molecule has 0 bridgehead atoms. The normalized spacial score (nSPS) is 17.5. The van der Waals surface area contributed by atoms with Gasteiger partial charge in [-0.2, -0.15) is 0 Å². The van der Waals surface area contributed by atoms with E-state index in [1.165, 1.54) is 30.4 Å². The van der Waals surface area contributed by atoms with Gasteiger partial charge < -0.3 is 19.5 Å². The van der Waals surface area contributed by atoms with Gasteiger partial charge in [-0.05, 0) is 38.6 Å². The summed E-state index contributed by atoms with van der Waals surface area (Å²) in [6.07, 6.45) is 4.62. The van der Waals surface area contributed by atoms with Gasteiger partial charge in [0.1, 0.15) is 0 Å². The third-order valence-electron chi connectivity index (χ3n) is 4.66. The van der Waals surface area contributed by atoms with E-state index in [1.54, 1.807) is 6.07 Å². The van der Waals surface area contributed by atoms with E-state index in [9.17, 15) is 4.79 Å². The Bertz CT molecular complexity index is 681. The van der Waals surface area contributed by atoms with E-state index < -0.39 is 0 Å². The van der Waals surface area contributed by atoms with Gasteiger partial charge in [-0.15, -0.1) is 0 Å². The first-order chi connectivity index (χ1) is 11.7. The number of furan rings is 1. The lowest BCUT2D eigenvalue weighted by atomic mass is 10.0. The molecule has 0 saturated heterocycles. The molecule has 1 aliphatic heterocycles. The maximum Gasteiger partial charge on any atom is 0.189 e. The van der Waals surface area contributed by atoms with Gasteiger partial charge in [-0.1, -0.05) is 18.2 Å². The molecular weight excluding hydrogens is 302 g/mol. The molecule has 3 rings (SSSR count). The molecule has 1 aromatic carbocycles. The van der Waals surface area contributed by atoms with E-state index in [2.05, 4.69) is 53.5 Å². The minimum absolute atomic E-state index is 0.360. The average Bonchev–Trinajstić information content (AvgIpc) is 2.96. The number of anilines is 2. The monoisotopic (exact) mass is 327 g/mol. The second-order valence-corrected chi connectivity index (χ2v) is 6.41. The molecule has 2 heterocycles. The van der Waals surface area contributed by atoms with Crippen LogP contribution in [0.15, 0.2) is 41.0 Å². The van der Waals surface area contributed by atoms with Crippen molar-refractivity contribution in [2.24, 2.45) is 0 Å². The van der Waals surface area contributed by atoms with Crippen LogP contribution >= 0.6 is 0 Å². The molecule has 24 heavy (non-hydrogen) atoms. The lowest BCUT2D eigenvalue weighted by molar-refractivity contribution is 0.110. The number of carbonyl (C=O) groups excluding carboxylic acids is 1. The summed E-state index contributed by atoms with van der Waals surface area (Å²) in [4.78, 5) is 15.7. The minimum atomic E-state index is 0.360. The fourth-order valence-electron chi connectivity index (χ4n) is 3.46. The van der Waals surface area contributed by atoms with E-state index in [0.29, 0.717) is 11.8 Å². The van der Waals surface area contributed by atoms with Gasteiger partial charge in [0.15, 0.2) is 12.0 Å². The topological polar surface area (TPSA) is 48.7 Å². The third-order valence-corrected chi connectivity index (χ3v) is 4.66. The van der Waals surface area contributed by atoms with Crippen molar-refractivity contribution in [1.29, 1.82) is 0 Å². The summed E-state index contributed by atoms with van der Waals surface area (Å²) in [6.45, 7) is 2.71. The van der Waals surface area contributed by atoms with E-state index in [-0.39, 0.29) is 0 Å². The van der Waals surface area contributed by atoms with Crippen LogP contribution in [0.25, 0.3) is 0 Å². The van der Waals surface area contributed by atoms with Crippen LogP contribution in [-0.4, -0.2) is 44.9 Å². The van der Waals surface area contributed by atoms with Crippen molar-refractivity contribution in [2.75, 3.05) is 43.9 Å². The second kappa shape index (κ2) is 7.53. The number of nitrogens with one attached hydrogen (secondary N) is 1. The standard InChI is InChI=1S/C19H25N3O2/c1-21(2)17-8-5-11-22(18-7-4-3-6-15(17)18)12-10-20-16-9-13-24-19(16)14-23/h3-4,6-7,9,13-14,17,20H,5,8,10-12H2,1-2H3. The first kappa shape index (κ1) is 16.6. The van der Waals surface area contributed by atoms with Crippen LogP contribution in [0.2, 0.25) is 0 Å². The highest BCUT2D eigenvalue weighted by Gasteiger charge is 2.23. The Labute approximate surface area is 143 Å². The molecule has 0 fully saturated rings. The molecule has 0 spiro atoms. The molecule has 1 atom stereocenters. The van der Waals surface area contributed by atoms with Crippen molar-refractivity contribution in [1.82, 2.24) is 4.90 Å². The van der Waals surface area contributed by atoms with Crippen LogP contribution in [0.5, 0.6) is 0 Å². The summed E-state index contributed by atoms with van der Waals surface area (Å²) in [7, 11) is 4.30. The number of benzene rings is 1. The Morgan fingerprint density at radius 2 is 2.17 bits per heavy atom. The molecule has 128 valence electrons. The predicted octanol–water partition coefficient (Wildman–Crippen LogP) is 3.41. The maximum atomic E-state index is 10.9. The lowest BCUT2D eigenvalue weighted by Crippen LogP contribution is -2.30. The molecule has 1 aromatic heterocycles. The molecule has 5 nitrogen and oxygen atoms in total. The fourth-order valence-corrected chi connectivity index (χ4v) is 3.46. The van der Waals surface area contributed by atoms with Gasteiger partial charge in [0.2, 0.25) is 0 Å². The zero-order valence-corrected chi connectivity index (χ0v) is 14.4. The SMILES string of the molecule is CN(C)C1CCCN(CCNc2ccoc2C=O)c2ccccc21. The number of nitrogens with zero attached hydrogens (tertiary/aromatic N) is 2. The van der Waals surface area contributed by atoms with E-state index in [4.69, 9.17) is 4.42 Å². The Morgan fingerprint density at radius 3 is 2.96 bits per heavy atom. The van der Waals surface area contributed by atoms with Crippen molar-refractivity contribution in [3.63, 3.8) is 0 Å². The van der Waals surface area contributed by atoms with E-state index in [0.717, 1.165) is 31.6 Å². The highest BCUT2D eigenvalue weighted by molar-refractivity contribution is 5.80. The second-order valence-electron chi connectivity index (χ2n) is 6.41. The highest BCUT2D eigenvalue weighted by Crippen LogP contribution is 2.35. The number of aldehydes is 1. The number of hydrogen-bond acceptors (Lipinski definition) is 5. The summed E-state index contributed by atoms with van der Waals surface area (Å²) < 4.78 is 5.12. The summed E-state index contributed by atoms with van der Waals surface area (Å²) in [5.74, 6) is 0.360. The van der Waals surface area contributed by atoms with Gasteiger partial charge >= 0.3 is 0 Å². The predicted molar refractivity (Wildman–Crippen MR) is 96.9 cm³/mol. The van der Waals surface area contributed by atoms with Gasteiger partial charge in [-0.3, -0.25) is 4.79 Å². The van der Waals surface area contributed by atoms with Crippen LogP contribution in [-0.2, 0) is 0 Å². The number of rotatable bonds is 6. The summed E-state index contributed by atoms with van der Waals surface area (Å²) in [5.41, 5.74) is 3.48. The Balaban J connectivity index is 1.71. The molecule has 1 aliphatic rings. The lowest BCUT2D eigenvalue weighted by Gasteiger charge is -2.28. The number of hydrogen-bond donors (Lipinski definition) is 1. The van der Waals surface area contributed by atoms with Crippen LogP contribution in [0, 0.1) is 0 Å². The Kier molecular flexibility index (Phi) is 5.20. The number of para-hydroxylation sites is 1. The third kappa shape index (κ3) is 3.46. The van der Waals surface area contributed by atoms with E-state index >= 15 is 0 Å². The van der Waals surface area contributed by atoms with Gasteiger partial charge in [-0.25, -0.2) is 0 Å². The summed E-state index contributed by atoms with van der Waals surface area (Å²) >= 11 is 0. The van der Waals surface area contributed by atoms with E-state index in [1.807, 2.05) is 0 Å². The van der Waals surface area contributed by atoms with Gasteiger partial charge in [0.05, 0.1) is 12.0 Å². The number of fused-ring (bicyclic) bond motifs is 1.